The molecule has 1 aromatic rings. The van der Waals surface area contributed by atoms with Crippen LogP contribution < -0.4 is 15.8 Å². The van der Waals surface area contributed by atoms with E-state index in [-0.39, 0.29) is 11.1 Å². The van der Waals surface area contributed by atoms with Gasteiger partial charge in [-0.25, -0.2) is 4.68 Å². The van der Waals surface area contributed by atoms with Crippen LogP contribution in [-0.4, -0.2) is 35.0 Å². The van der Waals surface area contributed by atoms with E-state index < -0.39 is 0 Å². The first-order valence-electron chi connectivity index (χ1n) is 6.32. The normalized spacial score (nSPS) is 18.4. The molecule has 104 valence electrons. The number of allylic oxidation sites excluding steroid dienone is 1. The maximum Gasteiger partial charge on any atom is 0.283 e. The van der Waals surface area contributed by atoms with Crippen molar-refractivity contribution in [3.63, 3.8) is 0 Å². The van der Waals surface area contributed by atoms with Gasteiger partial charge in [-0.3, -0.25) is 4.79 Å². The van der Waals surface area contributed by atoms with Gasteiger partial charge in [-0.2, -0.15) is 5.10 Å². The monoisotopic (exact) mass is 326 g/mol. The Balaban J connectivity index is 2.43. The van der Waals surface area contributed by atoms with E-state index in [0.29, 0.717) is 11.0 Å². The number of halogens is 1. The van der Waals surface area contributed by atoms with Crippen LogP contribution >= 0.6 is 15.9 Å². The van der Waals surface area contributed by atoms with Gasteiger partial charge in [-0.15, -0.1) is 6.58 Å². The Morgan fingerprint density at radius 1 is 1.63 bits per heavy atom. The molecule has 0 amide bonds. The smallest absolute Gasteiger partial charge is 0.283 e. The lowest BCUT2D eigenvalue weighted by Gasteiger charge is -2.44. The molecule has 0 bridgehead atoms. The van der Waals surface area contributed by atoms with E-state index in [1.54, 1.807) is 12.3 Å². The van der Waals surface area contributed by atoms with Gasteiger partial charge in [0, 0.05) is 25.2 Å². The molecule has 2 heterocycles. The van der Waals surface area contributed by atoms with Crippen molar-refractivity contribution < 1.29 is 0 Å². The van der Waals surface area contributed by atoms with Crippen LogP contribution in [-0.2, 0) is 6.54 Å². The van der Waals surface area contributed by atoms with Gasteiger partial charge in [0.2, 0.25) is 0 Å². The van der Waals surface area contributed by atoms with Crippen molar-refractivity contribution in [2.45, 2.75) is 25.9 Å². The average Bonchev–Trinajstić information content (AvgIpc) is 2.36. The van der Waals surface area contributed by atoms with E-state index in [1.165, 1.54) is 4.68 Å². The molecule has 1 fully saturated rings. The molecule has 1 saturated heterocycles. The predicted molar refractivity (Wildman–Crippen MR) is 80.7 cm³/mol. The number of hydrogen-bond donors (Lipinski definition) is 1. The Labute approximate surface area is 121 Å². The van der Waals surface area contributed by atoms with Crippen LogP contribution in [0.5, 0.6) is 0 Å². The van der Waals surface area contributed by atoms with Crippen LogP contribution in [0.2, 0.25) is 0 Å². The van der Waals surface area contributed by atoms with Gasteiger partial charge in [0.15, 0.2) is 0 Å². The second kappa shape index (κ2) is 5.46. The highest BCUT2D eigenvalue weighted by molar-refractivity contribution is 9.10. The van der Waals surface area contributed by atoms with Crippen LogP contribution in [0.15, 0.2) is 28.1 Å². The Morgan fingerprint density at radius 2 is 2.37 bits per heavy atom. The van der Waals surface area contributed by atoms with E-state index in [0.717, 1.165) is 25.3 Å². The zero-order valence-corrected chi connectivity index (χ0v) is 12.9. The third-order valence-corrected chi connectivity index (χ3v) is 4.11. The SMILES string of the molecule is C=CCn1ncc(N2CCNCC2(C)C)c(Br)c1=O. The van der Waals surface area contributed by atoms with Gasteiger partial charge < -0.3 is 10.2 Å². The molecular formula is C13H19BrN4O. The highest BCUT2D eigenvalue weighted by atomic mass is 79.9. The van der Waals surface area contributed by atoms with Gasteiger partial charge in [0.25, 0.3) is 5.56 Å². The quantitative estimate of drug-likeness (QED) is 0.852. The van der Waals surface area contributed by atoms with Crippen LogP contribution in [0.25, 0.3) is 0 Å². The number of nitrogens with one attached hydrogen (secondary N) is 1. The van der Waals surface area contributed by atoms with Crippen molar-refractivity contribution in [3.8, 4) is 0 Å². The topological polar surface area (TPSA) is 50.2 Å². The number of rotatable bonds is 3. The molecule has 0 spiro atoms. The molecule has 6 heteroatoms. The van der Waals surface area contributed by atoms with Crippen molar-refractivity contribution in [2.24, 2.45) is 0 Å². The highest BCUT2D eigenvalue weighted by Crippen LogP contribution is 2.29. The van der Waals surface area contributed by atoms with E-state index in [1.807, 2.05) is 0 Å². The molecule has 0 aromatic carbocycles. The predicted octanol–water partition coefficient (Wildman–Crippen LogP) is 1.38. The first-order valence-corrected chi connectivity index (χ1v) is 7.11. The fourth-order valence-electron chi connectivity index (χ4n) is 2.33. The zero-order valence-electron chi connectivity index (χ0n) is 11.3. The molecule has 1 aromatic heterocycles. The minimum atomic E-state index is -0.119. The summed E-state index contributed by atoms with van der Waals surface area (Å²) in [5.74, 6) is 0. The Bertz CT molecular complexity index is 538. The molecule has 19 heavy (non-hydrogen) atoms. The van der Waals surface area contributed by atoms with Gasteiger partial charge in [-0.1, -0.05) is 6.08 Å². The molecule has 1 aliphatic rings. The molecule has 0 atom stereocenters. The third-order valence-electron chi connectivity index (χ3n) is 3.36. The number of hydrogen-bond acceptors (Lipinski definition) is 4. The first kappa shape index (κ1) is 14.3. The summed E-state index contributed by atoms with van der Waals surface area (Å²) < 4.78 is 1.97. The van der Waals surface area contributed by atoms with Crippen molar-refractivity contribution in [2.75, 3.05) is 24.5 Å². The number of piperazine rings is 1. The van der Waals surface area contributed by atoms with Crippen LogP contribution in [0.3, 0.4) is 0 Å². The fourth-order valence-corrected chi connectivity index (χ4v) is 2.85. The zero-order chi connectivity index (χ0) is 14.0. The minimum Gasteiger partial charge on any atom is -0.361 e. The van der Waals surface area contributed by atoms with Gasteiger partial charge in [0.05, 0.1) is 18.4 Å². The van der Waals surface area contributed by atoms with Gasteiger partial charge in [0.1, 0.15) is 4.47 Å². The summed E-state index contributed by atoms with van der Waals surface area (Å²) in [4.78, 5) is 14.4. The van der Waals surface area contributed by atoms with E-state index in [9.17, 15) is 4.79 Å². The summed E-state index contributed by atoms with van der Waals surface area (Å²) in [6, 6.07) is 0. The van der Waals surface area contributed by atoms with Crippen molar-refractivity contribution in [1.82, 2.24) is 15.1 Å². The second-order valence-electron chi connectivity index (χ2n) is 5.26. The largest absolute Gasteiger partial charge is 0.361 e. The molecule has 5 nitrogen and oxygen atoms in total. The molecule has 1 aliphatic heterocycles. The maximum absolute atomic E-state index is 12.2. The fraction of sp³-hybridized carbons (Fsp3) is 0.538. The van der Waals surface area contributed by atoms with Gasteiger partial charge in [-0.05, 0) is 29.8 Å². The van der Waals surface area contributed by atoms with Crippen molar-refractivity contribution in [1.29, 1.82) is 0 Å². The minimum absolute atomic E-state index is 0.0422. The van der Waals surface area contributed by atoms with Crippen molar-refractivity contribution in [3.05, 3.63) is 33.7 Å². The Morgan fingerprint density at radius 3 is 3.00 bits per heavy atom. The van der Waals surface area contributed by atoms with Crippen molar-refractivity contribution >= 4 is 21.6 Å². The number of nitrogens with zero attached hydrogens (tertiary/aromatic N) is 3. The highest BCUT2D eigenvalue weighted by Gasteiger charge is 2.31. The molecule has 1 N–H and O–H groups in total. The number of anilines is 1. The van der Waals surface area contributed by atoms with Crippen LogP contribution in [0, 0.1) is 0 Å². The molecular weight excluding hydrogens is 308 g/mol. The maximum atomic E-state index is 12.2. The first-order chi connectivity index (χ1) is 8.97. The summed E-state index contributed by atoms with van der Waals surface area (Å²) in [6.45, 7) is 11.0. The molecule has 0 radical (unpaired) electrons. The molecule has 0 unspecified atom stereocenters. The Kier molecular flexibility index (Phi) is 4.10. The van der Waals surface area contributed by atoms with Crippen LogP contribution in [0.1, 0.15) is 13.8 Å². The summed E-state index contributed by atoms with van der Waals surface area (Å²) in [5, 5.41) is 7.58. The summed E-state index contributed by atoms with van der Waals surface area (Å²) >= 11 is 3.42. The second-order valence-corrected chi connectivity index (χ2v) is 6.05. The molecule has 0 aliphatic carbocycles. The lowest BCUT2D eigenvalue weighted by Crippen LogP contribution is -2.58. The summed E-state index contributed by atoms with van der Waals surface area (Å²) in [6.07, 6.45) is 3.41. The summed E-state index contributed by atoms with van der Waals surface area (Å²) in [7, 11) is 0. The van der Waals surface area contributed by atoms with Gasteiger partial charge >= 0.3 is 0 Å². The van der Waals surface area contributed by atoms with Crippen LogP contribution in [0.4, 0.5) is 5.69 Å². The summed E-state index contributed by atoms with van der Waals surface area (Å²) in [5.41, 5.74) is 0.697. The third kappa shape index (κ3) is 2.74. The lowest BCUT2D eigenvalue weighted by molar-refractivity contribution is 0.379. The molecule has 0 saturated carbocycles. The number of aromatic nitrogens is 2. The average molecular weight is 327 g/mol. The molecule has 2 rings (SSSR count). The lowest BCUT2D eigenvalue weighted by atomic mass is 9.99. The van der Waals surface area contributed by atoms with E-state index >= 15 is 0 Å². The van der Waals surface area contributed by atoms with E-state index in [4.69, 9.17) is 0 Å². The van der Waals surface area contributed by atoms with E-state index in [2.05, 4.69) is 51.7 Å². The standard InChI is InChI=1S/C13H19BrN4O/c1-4-6-18-12(19)11(14)10(8-16-18)17-7-5-15-9-13(17,2)3/h4,8,15H,1,5-7,9H2,2-3H3. The Hall–Kier alpha value is -1.14.